The number of halogens is 2. The fourth-order valence-corrected chi connectivity index (χ4v) is 7.33. The lowest BCUT2D eigenvalue weighted by molar-refractivity contribution is 0.101. The molecule has 2 N–H and O–H groups in total. The standard InChI is InChI=1S/C43H34Cl2N2O2/c1-25-13-15-29(21-27(25)3)41(48)46-39-19-17-31(23-37(39)44)43(35-11-7-5-9-33(35)34-10-6-8-12-36(34)43)32-18-20-40(38(45)24-32)47-42(49)30-16-14-26(2)28(4)22-30/h5-24H,1-4H3,(H,46,48)(H,47,49). The van der Waals surface area contributed by atoms with E-state index in [1.807, 2.05) is 125 Å². The maximum atomic E-state index is 13.2. The van der Waals surface area contributed by atoms with Crippen LogP contribution in [0.4, 0.5) is 11.4 Å². The molecule has 4 nitrogen and oxygen atoms in total. The summed E-state index contributed by atoms with van der Waals surface area (Å²) in [5, 5.41) is 6.84. The molecule has 1 aliphatic rings. The SMILES string of the molecule is Cc1ccc(C(=O)Nc2ccc(C3(c4ccc(NC(=O)c5ccc(C)c(C)c5)c(Cl)c4)c4ccccc4-c4ccccc43)cc2Cl)cc1C. The normalized spacial score (nSPS) is 12.6. The minimum atomic E-state index is -0.784. The number of benzene rings is 6. The van der Waals surface area contributed by atoms with Gasteiger partial charge in [0.25, 0.3) is 11.8 Å². The van der Waals surface area contributed by atoms with E-state index in [0.29, 0.717) is 32.5 Å². The number of hydrogen-bond acceptors (Lipinski definition) is 2. The van der Waals surface area contributed by atoms with E-state index in [1.54, 1.807) is 0 Å². The molecule has 0 saturated carbocycles. The molecule has 0 atom stereocenters. The smallest absolute Gasteiger partial charge is 0.255 e. The molecule has 7 rings (SSSR count). The number of hydrogen-bond donors (Lipinski definition) is 2. The Balaban J connectivity index is 1.32. The molecule has 0 unspecified atom stereocenters. The molecule has 49 heavy (non-hydrogen) atoms. The van der Waals surface area contributed by atoms with Crippen molar-refractivity contribution in [1.82, 2.24) is 0 Å². The van der Waals surface area contributed by atoms with E-state index < -0.39 is 5.41 Å². The predicted molar refractivity (Wildman–Crippen MR) is 202 cm³/mol. The van der Waals surface area contributed by atoms with Crippen LogP contribution in [0, 0.1) is 27.7 Å². The molecular formula is C43H34Cl2N2O2. The molecule has 0 bridgehead atoms. The third-order valence-electron chi connectivity index (χ3n) is 9.79. The highest BCUT2D eigenvalue weighted by Crippen LogP contribution is 2.57. The molecule has 0 saturated heterocycles. The molecule has 2 amide bonds. The highest BCUT2D eigenvalue weighted by Gasteiger charge is 2.46. The average Bonchev–Trinajstić information content (AvgIpc) is 3.40. The van der Waals surface area contributed by atoms with Gasteiger partial charge in [0.2, 0.25) is 0 Å². The molecule has 0 aliphatic heterocycles. The van der Waals surface area contributed by atoms with Crippen LogP contribution in [0.5, 0.6) is 0 Å². The summed E-state index contributed by atoms with van der Waals surface area (Å²) in [4.78, 5) is 26.5. The zero-order valence-electron chi connectivity index (χ0n) is 27.6. The van der Waals surface area contributed by atoms with Gasteiger partial charge < -0.3 is 10.6 Å². The molecule has 0 spiro atoms. The molecule has 6 aromatic carbocycles. The maximum Gasteiger partial charge on any atom is 0.255 e. The zero-order valence-corrected chi connectivity index (χ0v) is 29.1. The van der Waals surface area contributed by atoms with Gasteiger partial charge >= 0.3 is 0 Å². The van der Waals surface area contributed by atoms with E-state index in [9.17, 15) is 9.59 Å². The first-order valence-electron chi connectivity index (χ1n) is 16.1. The molecule has 0 radical (unpaired) electrons. The lowest BCUT2D eigenvalue weighted by Crippen LogP contribution is -2.29. The van der Waals surface area contributed by atoms with E-state index in [1.165, 1.54) is 0 Å². The molecule has 1 aliphatic carbocycles. The van der Waals surface area contributed by atoms with Gasteiger partial charge in [-0.2, -0.15) is 0 Å². The molecule has 0 fully saturated rings. The van der Waals surface area contributed by atoms with Crippen molar-refractivity contribution in [3.8, 4) is 11.1 Å². The van der Waals surface area contributed by atoms with Crippen molar-refractivity contribution in [3.05, 3.63) is 187 Å². The topological polar surface area (TPSA) is 58.2 Å². The quantitative estimate of drug-likeness (QED) is 0.184. The van der Waals surface area contributed by atoms with Crippen LogP contribution in [-0.4, -0.2) is 11.8 Å². The maximum absolute atomic E-state index is 13.2. The molecule has 6 heteroatoms. The predicted octanol–water partition coefficient (Wildman–Crippen LogP) is 11.1. The number of fused-ring (bicyclic) bond motifs is 3. The monoisotopic (exact) mass is 680 g/mol. The fourth-order valence-electron chi connectivity index (χ4n) is 6.88. The minimum absolute atomic E-state index is 0.228. The summed E-state index contributed by atoms with van der Waals surface area (Å²) in [6.45, 7) is 8.01. The Labute approximate surface area is 296 Å². The van der Waals surface area contributed by atoms with Gasteiger partial charge in [-0.25, -0.2) is 0 Å². The lowest BCUT2D eigenvalue weighted by atomic mass is 9.67. The third kappa shape index (κ3) is 5.61. The number of anilines is 2. The molecule has 6 aromatic rings. The van der Waals surface area contributed by atoms with Gasteiger partial charge in [0.1, 0.15) is 0 Å². The summed E-state index contributed by atoms with van der Waals surface area (Å²) >= 11 is 14.0. The molecule has 0 heterocycles. The number of carbonyl (C=O) groups excluding carboxylic acids is 2. The van der Waals surface area contributed by atoms with Crippen LogP contribution in [-0.2, 0) is 5.41 Å². The lowest BCUT2D eigenvalue weighted by Gasteiger charge is -2.34. The van der Waals surface area contributed by atoms with Crippen molar-refractivity contribution < 1.29 is 9.59 Å². The molecule has 242 valence electrons. The Morgan fingerprint density at radius 1 is 0.490 bits per heavy atom. The first-order valence-corrected chi connectivity index (χ1v) is 16.9. The Morgan fingerprint density at radius 2 is 0.898 bits per heavy atom. The number of rotatable bonds is 6. The van der Waals surface area contributed by atoms with Gasteiger partial charge in [-0.15, -0.1) is 0 Å². The second-order valence-electron chi connectivity index (χ2n) is 12.7. The van der Waals surface area contributed by atoms with Gasteiger partial charge in [0.05, 0.1) is 26.8 Å². The van der Waals surface area contributed by atoms with Crippen LogP contribution in [0.2, 0.25) is 10.0 Å². The summed E-state index contributed by atoms with van der Waals surface area (Å²) in [5.74, 6) is -0.455. The van der Waals surface area contributed by atoms with Crippen LogP contribution in [0.15, 0.2) is 121 Å². The highest BCUT2D eigenvalue weighted by molar-refractivity contribution is 6.34. The molecular weight excluding hydrogens is 647 g/mol. The van der Waals surface area contributed by atoms with Crippen LogP contribution >= 0.6 is 23.2 Å². The minimum Gasteiger partial charge on any atom is -0.321 e. The van der Waals surface area contributed by atoms with E-state index in [-0.39, 0.29) is 11.8 Å². The van der Waals surface area contributed by atoms with E-state index in [2.05, 4.69) is 34.9 Å². The van der Waals surface area contributed by atoms with Crippen LogP contribution in [0.3, 0.4) is 0 Å². The first kappa shape index (κ1) is 32.4. The summed E-state index contributed by atoms with van der Waals surface area (Å²) in [7, 11) is 0. The highest BCUT2D eigenvalue weighted by atomic mass is 35.5. The third-order valence-corrected chi connectivity index (χ3v) is 10.4. The summed E-state index contributed by atoms with van der Waals surface area (Å²) < 4.78 is 0. The van der Waals surface area contributed by atoms with E-state index in [0.717, 1.165) is 55.6 Å². The Kier molecular flexibility index (Phi) is 8.40. The van der Waals surface area contributed by atoms with Crippen molar-refractivity contribution in [2.45, 2.75) is 33.1 Å². The summed E-state index contributed by atoms with van der Waals surface area (Å²) in [6, 6.07) is 39.6. The van der Waals surface area contributed by atoms with Gasteiger partial charge in [-0.05, 0) is 132 Å². The van der Waals surface area contributed by atoms with Crippen molar-refractivity contribution in [3.63, 3.8) is 0 Å². The van der Waals surface area contributed by atoms with E-state index >= 15 is 0 Å². The molecule has 0 aromatic heterocycles. The number of aryl methyl sites for hydroxylation is 4. The number of carbonyl (C=O) groups is 2. The summed E-state index contributed by atoms with van der Waals surface area (Å²) in [5.41, 5.74) is 12.0. The van der Waals surface area contributed by atoms with Gasteiger partial charge in [-0.1, -0.05) is 96.0 Å². The van der Waals surface area contributed by atoms with Gasteiger partial charge in [0, 0.05) is 11.1 Å². The van der Waals surface area contributed by atoms with Crippen LogP contribution < -0.4 is 10.6 Å². The van der Waals surface area contributed by atoms with Crippen molar-refractivity contribution in [1.29, 1.82) is 0 Å². The van der Waals surface area contributed by atoms with Crippen molar-refractivity contribution in [2.24, 2.45) is 0 Å². The Bertz CT molecular complexity index is 2150. The average molecular weight is 682 g/mol. The van der Waals surface area contributed by atoms with Gasteiger partial charge in [-0.3, -0.25) is 9.59 Å². The van der Waals surface area contributed by atoms with Gasteiger partial charge in [0.15, 0.2) is 0 Å². The second kappa shape index (κ2) is 12.7. The summed E-state index contributed by atoms with van der Waals surface area (Å²) in [6.07, 6.45) is 0. The van der Waals surface area contributed by atoms with Crippen molar-refractivity contribution >= 4 is 46.4 Å². The Hall–Kier alpha value is -5.16. The fraction of sp³-hybridized carbons (Fsp3) is 0.116. The first-order chi connectivity index (χ1) is 23.6. The largest absolute Gasteiger partial charge is 0.321 e. The second-order valence-corrected chi connectivity index (χ2v) is 13.6. The number of amides is 2. The van der Waals surface area contributed by atoms with Crippen LogP contribution in [0.1, 0.15) is 65.2 Å². The van der Waals surface area contributed by atoms with Crippen LogP contribution in [0.25, 0.3) is 11.1 Å². The van der Waals surface area contributed by atoms with Crippen molar-refractivity contribution in [2.75, 3.05) is 10.6 Å². The Morgan fingerprint density at radius 3 is 1.29 bits per heavy atom. The zero-order chi connectivity index (χ0) is 34.4. The number of nitrogens with one attached hydrogen (secondary N) is 2. The van der Waals surface area contributed by atoms with E-state index in [4.69, 9.17) is 23.2 Å².